The van der Waals surface area contributed by atoms with Gasteiger partial charge < -0.3 is 0 Å². The molecule has 1 aliphatic heterocycles. The van der Waals surface area contributed by atoms with Gasteiger partial charge in [-0.1, -0.05) is 0 Å². The van der Waals surface area contributed by atoms with Crippen LogP contribution in [0.5, 0.6) is 0 Å². The zero-order valence-corrected chi connectivity index (χ0v) is 3.92. The molecule has 6 heavy (non-hydrogen) atoms. The monoisotopic (exact) mass is 102 g/mol. The van der Waals surface area contributed by atoms with Crippen LogP contribution in [0.15, 0.2) is 0 Å². The first-order chi connectivity index (χ1) is 2.89. The van der Waals surface area contributed by atoms with Crippen LogP contribution in [0.1, 0.15) is 0 Å². The predicted molar refractivity (Wildman–Crippen MR) is 24.9 cm³/mol. The molecule has 1 saturated heterocycles. The summed E-state index contributed by atoms with van der Waals surface area (Å²) in [6.07, 6.45) is 1.62. The summed E-state index contributed by atoms with van der Waals surface area (Å²) >= 11 is 1.43. The van der Waals surface area contributed by atoms with Crippen molar-refractivity contribution in [3.05, 3.63) is 6.42 Å². The SMILES string of the molecule is O=C1[CH]CSN1. The Morgan fingerprint density at radius 3 is 3.00 bits per heavy atom. The van der Waals surface area contributed by atoms with Gasteiger partial charge in [0, 0.05) is 5.75 Å². The molecule has 0 bridgehead atoms. The fraction of sp³-hybridized carbons (Fsp3) is 0.333. The number of amides is 1. The molecule has 1 amide bonds. The Bertz CT molecular complexity index is 65.2. The van der Waals surface area contributed by atoms with Crippen molar-refractivity contribution in [3.8, 4) is 0 Å². The van der Waals surface area contributed by atoms with Gasteiger partial charge in [0.25, 0.3) is 0 Å². The van der Waals surface area contributed by atoms with Gasteiger partial charge in [0.1, 0.15) is 0 Å². The van der Waals surface area contributed by atoms with E-state index in [1.165, 1.54) is 11.9 Å². The Labute approximate surface area is 40.4 Å². The number of carbonyl (C=O) groups excluding carboxylic acids is 1. The summed E-state index contributed by atoms with van der Waals surface area (Å²) in [5.74, 6) is 0.860. The van der Waals surface area contributed by atoms with Crippen LogP contribution in [0.2, 0.25) is 0 Å². The van der Waals surface area contributed by atoms with Crippen LogP contribution in [0.4, 0.5) is 0 Å². The maximum absolute atomic E-state index is 10.1. The van der Waals surface area contributed by atoms with Gasteiger partial charge in [-0.15, -0.1) is 0 Å². The molecule has 1 fully saturated rings. The van der Waals surface area contributed by atoms with Crippen LogP contribution in [0.3, 0.4) is 0 Å². The lowest BCUT2D eigenvalue weighted by atomic mass is 10.5. The van der Waals surface area contributed by atoms with Gasteiger partial charge in [-0.3, -0.25) is 9.52 Å². The molecule has 0 spiro atoms. The number of hydrogen-bond donors (Lipinski definition) is 1. The number of carbonyl (C=O) groups is 1. The second kappa shape index (κ2) is 1.51. The molecule has 0 unspecified atom stereocenters. The number of hydrogen-bond acceptors (Lipinski definition) is 2. The molecule has 33 valence electrons. The van der Waals surface area contributed by atoms with Crippen molar-refractivity contribution in [1.29, 1.82) is 0 Å². The molecule has 2 nitrogen and oxygen atoms in total. The van der Waals surface area contributed by atoms with Gasteiger partial charge >= 0.3 is 0 Å². The highest BCUT2D eigenvalue weighted by molar-refractivity contribution is 7.98. The first-order valence-electron chi connectivity index (χ1n) is 1.64. The van der Waals surface area contributed by atoms with Crippen LogP contribution in [-0.2, 0) is 4.79 Å². The fourth-order valence-electron chi connectivity index (χ4n) is 0.272. The van der Waals surface area contributed by atoms with Crippen LogP contribution >= 0.6 is 11.9 Å². The zero-order chi connectivity index (χ0) is 4.41. The largest absolute Gasteiger partial charge is 0.300 e. The summed E-state index contributed by atoms with van der Waals surface area (Å²) in [6, 6.07) is 0. The molecule has 0 aliphatic carbocycles. The number of rotatable bonds is 0. The van der Waals surface area contributed by atoms with E-state index >= 15 is 0 Å². The van der Waals surface area contributed by atoms with Gasteiger partial charge in [-0.2, -0.15) is 0 Å². The molecule has 1 N–H and O–H groups in total. The maximum atomic E-state index is 10.1. The van der Waals surface area contributed by atoms with Crippen LogP contribution in [0, 0.1) is 6.42 Å². The molecule has 0 aromatic rings. The van der Waals surface area contributed by atoms with Crippen LogP contribution in [-0.4, -0.2) is 11.7 Å². The average molecular weight is 102 g/mol. The molecule has 0 atom stereocenters. The summed E-state index contributed by atoms with van der Waals surface area (Å²) in [6.45, 7) is 0. The molecule has 1 rings (SSSR count). The average Bonchev–Trinajstić information content (AvgIpc) is 1.86. The third kappa shape index (κ3) is 0.653. The van der Waals surface area contributed by atoms with E-state index in [0.717, 1.165) is 5.75 Å². The fourth-order valence-corrected chi connectivity index (χ4v) is 0.815. The molecule has 1 heterocycles. The summed E-state index contributed by atoms with van der Waals surface area (Å²) in [5.41, 5.74) is 0. The highest BCUT2D eigenvalue weighted by Crippen LogP contribution is 2.03. The smallest absolute Gasteiger partial charge is 0.234 e. The van der Waals surface area contributed by atoms with E-state index in [0.29, 0.717) is 0 Å². The molecule has 1 aliphatic rings. The van der Waals surface area contributed by atoms with Crippen molar-refractivity contribution in [2.45, 2.75) is 0 Å². The van der Waals surface area contributed by atoms with Crippen molar-refractivity contribution < 1.29 is 4.79 Å². The minimum Gasteiger partial charge on any atom is -0.300 e. The first kappa shape index (κ1) is 3.99. The third-order valence-corrected chi connectivity index (χ3v) is 1.20. The summed E-state index contributed by atoms with van der Waals surface area (Å²) < 4.78 is 2.54. The lowest BCUT2D eigenvalue weighted by molar-refractivity contribution is -0.115. The molecular weight excluding hydrogens is 98.1 g/mol. The van der Waals surface area contributed by atoms with Crippen molar-refractivity contribution >= 4 is 17.9 Å². The zero-order valence-electron chi connectivity index (χ0n) is 3.10. The Morgan fingerprint density at radius 2 is 2.83 bits per heavy atom. The summed E-state index contributed by atoms with van der Waals surface area (Å²) in [7, 11) is 0. The highest BCUT2D eigenvalue weighted by atomic mass is 32.2. The topological polar surface area (TPSA) is 29.1 Å². The molecule has 0 aromatic carbocycles. The molecule has 1 radical (unpaired) electrons. The van der Waals surface area contributed by atoms with Gasteiger partial charge in [-0.05, 0) is 11.9 Å². The van der Waals surface area contributed by atoms with E-state index < -0.39 is 0 Å². The Balaban J connectivity index is 2.37. The van der Waals surface area contributed by atoms with E-state index in [1.54, 1.807) is 6.42 Å². The minimum atomic E-state index is 0.0417. The van der Waals surface area contributed by atoms with Crippen molar-refractivity contribution in [3.63, 3.8) is 0 Å². The normalized spacial score (nSPS) is 21.0. The molecule has 0 aromatic heterocycles. The van der Waals surface area contributed by atoms with Gasteiger partial charge in [-0.25, -0.2) is 0 Å². The van der Waals surface area contributed by atoms with E-state index in [-0.39, 0.29) is 5.91 Å². The lowest BCUT2D eigenvalue weighted by Gasteiger charge is -1.78. The Hall–Kier alpha value is -0.180. The van der Waals surface area contributed by atoms with Gasteiger partial charge in [0.05, 0.1) is 6.42 Å². The Morgan fingerprint density at radius 1 is 2.00 bits per heavy atom. The second-order valence-electron chi connectivity index (χ2n) is 0.981. The van der Waals surface area contributed by atoms with E-state index in [1.807, 2.05) is 0 Å². The standard InChI is InChI=1S/C3H4NOS/c5-3-1-2-6-4-3/h1H,2H2,(H,4,5). The first-order valence-corrected chi connectivity index (χ1v) is 2.63. The number of nitrogens with one attached hydrogen (secondary N) is 1. The van der Waals surface area contributed by atoms with E-state index in [9.17, 15) is 4.79 Å². The Kier molecular flexibility index (Phi) is 1.01. The molecule has 3 heteroatoms. The maximum Gasteiger partial charge on any atom is 0.234 e. The molecule has 0 saturated carbocycles. The predicted octanol–water partition coefficient (Wildman–Crippen LogP) is -0.0313. The molecular formula is C3H4NOS. The highest BCUT2D eigenvalue weighted by Gasteiger charge is 2.07. The van der Waals surface area contributed by atoms with E-state index in [2.05, 4.69) is 4.72 Å². The van der Waals surface area contributed by atoms with Crippen molar-refractivity contribution in [2.75, 3.05) is 5.75 Å². The van der Waals surface area contributed by atoms with Crippen LogP contribution in [0.25, 0.3) is 0 Å². The summed E-state index contributed by atoms with van der Waals surface area (Å²) in [4.78, 5) is 10.1. The quantitative estimate of drug-likeness (QED) is 0.435. The van der Waals surface area contributed by atoms with Gasteiger partial charge in [0.15, 0.2) is 0 Å². The van der Waals surface area contributed by atoms with Crippen molar-refractivity contribution in [1.82, 2.24) is 4.72 Å². The van der Waals surface area contributed by atoms with Gasteiger partial charge in [0.2, 0.25) is 5.91 Å². The van der Waals surface area contributed by atoms with Crippen molar-refractivity contribution in [2.24, 2.45) is 0 Å². The van der Waals surface area contributed by atoms with Crippen LogP contribution < -0.4 is 4.72 Å². The second-order valence-corrected chi connectivity index (χ2v) is 1.81. The minimum absolute atomic E-state index is 0.0417. The lowest BCUT2D eigenvalue weighted by Crippen LogP contribution is -2.05. The van der Waals surface area contributed by atoms with E-state index in [4.69, 9.17) is 0 Å². The third-order valence-electron chi connectivity index (χ3n) is 0.525. The summed E-state index contributed by atoms with van der Waals surface area (Å²) in [5, 5.41) is 0.